The molecule has 3 N–H and O–H groups in total. The summed E-state index contributed by atoms with van der Waals surface area (Å²) in [5.41, 5.74) is -0.535. The quantitative estimate of drug-likeness (QED) is 0.0775. The molecule has 1 saturated carbocycles. The van der Waals surface area contributed by atoms with E-state index in [4.69, 9.17) is 18.9 Å². The number of carbonyl (C=O) groups excluding carboxylic acids is 3. The van der Waals surface area contributed by atoms with Gasteiger partial charge < -0.3 is 43.5 Å². The zero-order chi connectivity index (χ0) is 47.3. The second-order valence-corrected chi connectivity index (χ2v) is 20.9. The molecule has 1 aromatic heterocycles. The Kier molecular flexibility index (Phi) is 11.0. The highest BCUT2D eigenvalue weighted by Crippen LogP contribution is 2.68. The van der Waals surface area contributed by atoms with Crippen LogP contribution in [0.2, 0.25) is 0 Å². The number of ether oxygens (including phenoxy) is 4. The highest BCUT2D eigenvalue weighted by molar-refractivity contribution is 5.95. The molecule has 6 aliphatic rings. The molecule has 4 aromatic rings. The van der Waals surface area contributed by atoms with Crippen molar-refractivity contribution in [2.24, 2.45) is 11.3 Å². The summed E-state index contributed by atoms with van der Waals surface area (Å²) in [6, 6.07) is 21.6. The summed E-state index contributed by atoms with van der Waals surface area (Å²) in [5, 5.41) is 27.2. The van der Waals surface area contributed by atoms with E-state index in [2.05, 4.69) is 71.4 Å². The van der Waals surface area contributed by atoms with Crippen LogP contribution < -0.4 is 9.64 Å². The summed E-state index contributed by atoms with van der Waals surface area (Å²) in [6.45, 7) is 9.68. The molecule has 2 bridgehead atoms. The van der Waals surface area contributed by atoms with Gasteiger partial charge in [0.05, 0.1) is 40.5 Å². The van der Waals surface area contributed by atoms with E-state index in [0.717, 1.165) is 59.5 Å². The number of piperidine rings is 1. The zero-order valence-corrected chi connectivity index (χ0v) is 40.1. The third-order valence-corrected chi connectivity index (χ3v) is 17.6. The largest absolute Gasteiger partial charge is 0.496 e. The molecular formula is C54H67N4O9+. The van der Waals surface area contributed by atoms with Gasteiger partial charge in [-0.3, -0.25) is 14.5 Å². The number of benzene rings is 3. The summed E-state index contributed by atoms with van der Waals surface area (Å²) < 4.78 is 25.0. The van der Waals surface area contributed by atoms with E-state index < -0.39 is 57.5 Å². The van der Waals surface area contributed by atoms with E-state index in [1.54, 1.807) is 7.11 Å². The summed E-state index contributed by atoms with van der Waals surface area (Å²) in [4.78, 5) is 51.7. The average molecular weight is 916 g/mol. The van der Waals surface area contributed by atoms with Crippen LogP contribution in [-0.2, 0) is 52.4 Å². The number of carbonyl (C=O) groups is 3. The first-order valence-electron chi connectivity index (χ1n) is 24.3. The second kappa shape index (κ2) is 16.2. The van der Waals surface area contributed by atoms with Crippen LogP contribution in [0.5, 0.6) is 5.75 Å². The Morgan fingerprint density at radius 2 is 1.66 bits per heavy atom. The number of likely N-dealkylation sites (N-methyl/N-ethyl adjacent to an activating group) is 1. The van der Waals surface area contributed by atoms with Crippen LogP contribution in [0, 0.1) is 11.3 Å². The number of anilines is 1. The zero-order valence-electron chi connectivity index (χ0n) is 40.1. The lowest BCUT2D eigenvalue weighted by atomic mass is 9.47. The van der Waals surface area contributed by atoms with Crippen LogP contribution in [0.15, 0.2) is 78.9 Å². The molecule has 0 amide bonds. The van der Waals surface area contributed by atoms with Gasteiger partial charge in [-0.05, 0) is 68.3 Å². The van der Waals surface area contributed by atoms with Crippen LogP contribution >= 0.6 is 0 Å². The Labute approximate surface area is 393 Å². The van der Waals surface area contributed by atoms with Crippen LogP contribution in [0.3, 0.4) is 0 Å². The highest BCUT2D eigenvalue weighted by atomic mass is 16.6. The van der Waals surface area contributed by atoms with Gasteiger partial charge in [0.1, 0.15) is 29.9 Å². The third-order valence-electron chi connectivity index (χ3n) is 17.6. The number of hydrogen-bond donors (Lipinski definition) is 3. The van der Waals surface area contributed by atoms with Crippen LogP contribution in [0.25, 0.3) is 10.9 Å². The molecule has 2 saturated heterocycles. The number of aliphatic hydroxyl groups is 2. The molecule has 67 heavy (non-hydrogen) atoms. The topological polar surface area (TPSA) is 151 Å². The van der Waals surface area contributed by atoms with Gasteiger partial charge in [0.25, 0.3) is 0 Å². The normalized spacial score (nSPS) is 35.2. The summed E-state index contributed by atoms with van der Waals surface area (Å²) >= 11 is 0. The maximum Gasteiger partial charge on any atom is 0.344 e. The van der Waals surface area contributed by atoms with Gasteiger partial charge in [0, 0.05) is 89.2 Å². The molecule has 3 fully saturated rings. The van der Waals surface area contributed by atoms with E-state index in [0.29, 0.717) is 74.0 Å². The van der Waals surface area contributed by atoms with Gasteiger partial charge in [0.15, 0.2) is 6.10 Å². The van der Waals surface area contributed by atoms with Gasteiger partial charge in [-0.25, -0.2) is 4.79 Å². The van der Waals surface area contributed by atoms with Gasteiger partial charge in [0.2, 0.25) is 5.60 Å². The number of quaternary nitrogens is 1. The van der Waals surface area contributed by atoms with E-state index >= 15 is 4.79 Å². The number of aromatic nitrogens is 1. The van der Waals surface area contributed by atoms with Crippen molar-refractivity contribution < 1.29 is 48.0 Å². The number of rotatable bonds is 9. The van der Waals surface area contributed by atoms with Crippen molar-refractivity contribution in [3.63, 3.8) is 0 Å². The van der Waals surface area contributed by atoms with Gasteiger partial charge in [-0.2, -0.15) is 0 Å². The third kappa shape index (κ3) is 6.36. The molecule has 1 aliphatic carbocycles. The Morgan fingerprint density at radius 1 is 0.910 bits per heavy atom. The van der Waals surface area contributed by atoms with E-state index in [-0.39, 0.29) is 12.0 Å². The first kappa shape index (κ1) is 45.6. The van der Waals surface area contributed by atoms with Crippen molar-refractivity contribution in [2.75, 3.05) is 66.0 Å². The summed E-state index contributed by atoms with van der Waals surface area (Å²) in [5.74, 6) is -1.61. The lowest BCUT2D eigenvalue weighted by Gasteiger charge is -2.63. The van der Waals surface area contributed by atoms with Gasteiger partial charge >= 0.3 is 17.9 Å². The molecule has 6 heterocycles. The molecule has 10 rings (SSSR count). The van der Waals surface area contributed by atoms with E-state index in [9.17, 15) is 19.8 Å². The number of methoxy groups -OCH3 is 3. The molecular weight excluding hydrogens is 849 g/mol. The molecule has 13 heteroatoms. The van der Waals surface area contributed by atoms with Crippen molar-refractivity contribution in [2.45, 2.75) is 112 Å². The Hall–Kier alpha value is -5.21. The fraction of sp³-hybridized carbons (Fsp3) is 0.537. The smallest absolute Gasteiger partial charge is 0.344 e. The number of aromatic amines is 1. The molecule has 13 nitrogen and oxygen atoms in total. The highest BCUT2D eigenvalue weighted by Gasteiger charge is 2.80. The predicted octanol–water partition coefficient (Wildman–Crippen LogP) is 6.10. The number of fused-ring (bicyclic) bond motifs is 6. The van der Waals surface area contributed by atoms with E-state index in [1.165, 1.54) is 26.7 Å². The fourth-order valence-electron chi connectivity index (χ4n) is 15.4. The monoisotopic (exact) mass is 915 g/mol. The Balaban J connectivity index is 1.26. The molecule has 1 spiro atoms. The predicted molar refractivity (Wildman–Crippen MR) is 254 cm³/mol. The molecule has 3 aromatic carbocycles. The first-order valence-corrected chi connectivity index (χ1v) is 24.3. The van der Waals surface area contributed by atoms with Crippen LogP contribution in [0.4, 0.5) is 5.69 Å². The van der Waals surface area contributed by atoms with Gasteiger partial charge in [-0.1, -0.05) is 74.5 Å². The van der Waals surface area contributed by atoms with Crippen LogP contribution in [0.1, 0.15) is 87.2 Å². The molecule has 1 unspecified atom stereocenters. The van der Waals surface area contributed by atoms with Crippen molar-refractivity contribution >= 4 is 34.5 Å². The van der Waals surface area contributed by atoms with Crippen LogP contribution in [-0.4, -0.2) is 133 Å². The second-order valence-electron chi connectivity index (χ2n) is 20.9. The molecule has 356 valence electrons. The van der Waals surface area contributed by atoms with Gasteiger partial charge in [-0.15, -0.1) is 0 Å². The number of nitrogens with zero attached hydrogens (tertiary/aromatic N) is 3. The van der Waals surface area contributed by atoms with Crippen molar-refractivity contribution in [1.29, 1.82) is 0 Å². The minimum Gasteiger partial charge on any atom is -0.496 e. The minimum absolute atomic E-state index is 0.146. The molecule has 10 atom stereocenters. The maximum absolute atomic E-state index is 15.8. The van der Waals surface area contributed by atoms with Crippen molar-refractivity contribution in [3.05, 3.63) is 107 Å². The first-order chi connectivity index (χ1) is 32.1. The fourth-order valence-corrected chi connectivity index (χ4v) is 15.4. The number of esters is 3. The Bertz CT molecular complexity index is 2650. The lowest BCUT2D eigenvalue weighted by molar-refractivity contribution is -0.955. The maximum atomic E-state index is 15.8. The molecule has 5 aliphatic heterocycles. The molecule has 0 radical (unpaired) electrons. The number of aryl methyl sites for hydroxylation is 1. The number of para-hydroxylation sites is 1. The lowest BCUT2D eigenvalue weighted by Crippen LogP contribution is -2.81. The Morgan fingerprint density at radius 3 is 2.36 bits per heavy atom. The number of hydrogen-bond acceptors (Lipinski definition) is 11. The van der Waals surface area contributed by atoms with Crippen molar-refractivity contribution in [1.82, 2.24) is 9.88 Å². The minimum atomic E-state index is -2.32. The summed E-state index contributed by atoms with van der Waals surface area (Å²) in [7, 11) is 6.22. The van der Waals surface area contributed by atoms with Crippen molar-refractivity contribution in [3.8, 4) is 5.75 Å². The average Bonchev–Trinajstić information content (AvgIpc) is 3.98. The summed E-state index contributed by atoms with van der Waals surface area (Å²) in [6.07, 6.45) is 6.75. The standard InChI is InChI=1S/C54H67N4O9/c1-8-50(62)29-36-30-53(48(60)65-6,44-38(37-19-13-14-21-41(37)55-44)20-15-26-58(32-36,33-50)31-35-17-11-10-12-18-35)40-27-39-42(28-43(40)64-5)56(4)46-52(39)23-25-57-24-16-22-51(9-2,45(52)57)47(67-34(3)59)54(46,63)49(61)66-7/h10-14,16-19,21-22,27-28,36,45-47,55,62-63H,8-9,15,20,23-26,29-33H2,1-7H3/q+1/t36-,45+,46-,47-,50+,51-,52-,53+,54+,58?/m1/s1. The number of nitrogens with one attached hydrogen (secondary N) is 1. The van der Waals surface area contributed by atoms with E-state index in [1.807, 2.05) is 43.1 Å². The number of H-pyrrole nitrogens is 1. The SMILES string of the molecule is CC[C@]1(O)C[C@@H]2C[C@](C(=O)OC)(c3cc4c(cc3OC)N(C)[C@H]3[C@@](O)(C(=O)OC)[C@H](OC(C)=O)[C@]5(CC)C=CCN6CC[C@]43[C@@H]65)c3[nH]c4ccccc4c3CCC[N+](Cc3ccccc3)(C2)C1.